The van der Waals surface area contributed by atoms with Crippen LogP contribution in [0, 0.1) is 12.7 Å². The van der Waals surface area contributed by atoms with E-state index in [4.69, 9.17) is 4.74 Å². The summed E-state index contributed by atoms with van der Waals surface area (Å²) >= 11 is 0. The van der Waals surface area contributed by atoms with Crippen molar-refractivity contribution < 1.29 is 13.9 Å². The molecular weight excluding hydrogens is 381 g/mol. The maximum Gasteiger partial charge on any atom is 0.338 e. The molecule has 154 valence electrons. The van der Waals surface area contributed by atoms with Gasteiger partial charge in [-0.05, 0) is 73.0 Å². The Kier molecular flexibility index (Phi) is 6.57. The molecule has 0 unspecified atom stereocenters. The molecule has 0 aliphatic rings. The highest BCUT2D eigenvalue weighted by Crippen LogP contribution is 2.29. The Morgan fingerprint density at radius 2 is 1.67 bits per heavy atom. The average molecular weight is 405 g/mol. The van der Waals surface area contributed by atoms with Crippen LogP contribution in [0.25, 0.3) is 11.1 Å². The minimum atomic E-state index is -0.465. The van der Waals surface area contributed by atoms with E-state index in [1.54, 1.807) is 43.3 Å². The summed E-state index contributed by atoms with van der Waals surface area (Å²) in [5, 5.41) is 8.22. The van der Waals surface area contributed by atoms with Crippen LogP contribution < -0.4 is 4.90 Å². The average Bonchev–Trinajstić information content (AvgIpc) is 2.73. The van der Waals surface area contributed by atoms with E-state index in [1.165, 1.54) is 6.07 Å². The second-order valence-electron chi connectivity index (χ2n) is 7.03. The van der Waals surface area contributed by atoms with Crippen LogP contribution in [0.4, 0.5) is 21.5 Å². The first-order valence-electron chi connectivity index (χ1n) is 9.66. The van der Waals surface area contributed by atoms with Crippen LogP contribution in [0.2, 0.25) is 0 Å². The maximum absolute atomic E-state index is 14.6. The lowest BCUT2D eigenvalue weighted by atomic mass is 10.0. The van der Waals surface area contributed by atoms with Crippen LogP contribution in [0.5, 0.6) is 0 Å². The second kappa shape index (κ2) is 9.31. The molecule has 0 aliphatic heterocycles. The molecular formula is C24H24FN3O2. The molecule has 0 spiro atoms. The third kappa shape index (κ3) is 4.89. The number of carbonyl (C=O) groups excluding carboxylic acids is 1. The lowest BCUT2D eigenvalue weighted by molar-refractivity contribution is 0.0526. The predicted molar refractivity (Wildman–Crippen MR) is 117 cm³/mol. The molecule has 0 saturated heterocycles. The topological polar surface area (TPSA) is 54.3 Å². The van der Waals surface area contributed by atoms with Crippen LogP contribution in [0.1, 0.15) is 22.8 Å². The molecule has 0 radical (unpaired) electrons. The number of rotatable bonds is 6. The number of esters is 1. The standard InChI is InChI=1S/C24H24FN3O2/c1-5-30-24(29)18-8-6-17(7-9-18)19-10-12-22(21(25)15-19)27-26-20-11-13-23(28(3)4)16(2)14-20/h6-15H,5H2,1-4H3. The van der Waals surface area contributed by atoms with E-state index in [2.05, 4.69) is 10.2 Å². The number of carbonyl (C=O) groups is 1. The highest BCUT2D eigenvalue weighted by molar-refractivity contribution is 5.90. The van der Waals surface area contributed by atoms with E-state index in [-0.39, 0.29) is 11.7 Å². The zero-order valence-corrected chi connectivity index (χ0v) is 17.5. The van der Waals surface area contributed by atoms with Gasteiger partial charge in [0, 0.05) is 19.8 Å². The highest BCUT2D eigenvalue weighted by Gasteiger charge is 2.09. The normalized spacial score (nSPS) is 11.0. The molecule has 0 aliphatic carbocycles. The Balaban J connectivity index is 1.78. The van der Waals surface area contributed by atoms with E-state index in [9.17, 15) is 9.18 Å². The van der Waals surface area contributed by atoms with Crippen molar-refractivity contribution in [2.45, 2.75) is 13.8 Å². The zero-order valence-electron chi connectivity index (χ0n) is 17.5. The van der Waals surface area contributed by atoms with Crippen molar-refractivity contribution in [1.29, 1.82) is 0 Å². The second-order valence-corrected chi connectivity index (χ2v) is 7.03. The fraction of sp³-hybridized carbons (Fsp3) is 0.208. The zero-order chi connectivity index (χ0) is 21.7. The summed E-state index contributed by atoms with van der Waals surface area (Å²) in [5.74, 6) is -0.841. The van der Waals surface area contributed by atoms with Gasteiger partial charge in [-0.3, -0.25) is 0 Å². The molecule has 0 heterocycles. The third-order valence-electron chi connectivity index (χ3n) is 4.61. The van der Waals surface area contributed by atoms with Crippen molar-refractivity contribution >= 4 is 23.0 Å². The molecule has 6 heteroatoms. The Hall–Kier alpha value is -3.54. The van der Waals surface area contributed by atoms with Crippen molar-refractivity contribution in [3.8, 4) is 11.1 Å². The van der Waals surface area contributed by atoms with Gasteiger partial charge in [0.1, 0.15) is 5.69 Å². The lowest BCUT2D eigenvalue weighted by Gasteiger charge is -2.15. The van der Waals surface area contributed by atoms with Gasteiger partial charge in [0.05, 0.1) is 17.9 Å². The van der Waals surface area contributed by atoms with Gasteiger partial charge in [0.15, 0.2) is 5.82 Å². The van der Waals surface area contributed by atoms with Gasteiger partial charge in [0.25, 0.3) is 0 Å². The van der Waals surface area contributed by atoms with E-state index in [1.807, 2.05) is 44.1 Å². The van der Waals surface area contributed by atoms with Crippen molar-refractivity contribution in [1.82, 2.24) is 0 Å². The summed E-state index contributed by atoms with van der Waals surface area (Å²) in [5.41, 5.74) is 4.93. The summed E-state index contributed by atoms with van der Waals surface area (Å²) in [6.45, 7) is 4.08. The number of azo groups is 1. The van der Waals surface area contributed by atoms with E-state index in [0.717, 1.165) is 16.8 Å². The number of aryl methyl sites for hydroxylation is 1. The van der Waals surface area contributed by atoms with Crippen molar-refractivity contribution in [2.24, 2.45) is 10.2 Å². The number of hydrogen-bond donors (Lipinski definition) is 0. The molecule has 0 N–H and O–H groups in total. The quantitative estimate of drug-likeness (QED) is 0.349. The van der Waals surface area contributed by atoms with Gasteiger partial charge in [0.2, 0.25) is 0 Å². The fourth-order valence-corrected chi connectivity index (χ4v) is 3.10. The Bertz CT molecular complexity index is 1080. The van der Waals surface area contributed by atoms with Gasteiger partial charge in [-0.2, -0.15) is 5.11 Å². The molecule has 0 saturated carbocycles. The monoisotopic (exact) mass is 405 g/mol. The smallest absolute Gasteiger partial charge is 0.338 e. The maximum atomic E-state index is 14.6. The van der Waals surface area contributed by atoms with Gasteiger partial charge in [-0.1, -0.05) is 18.2 Å². The van der Waals surface area contributed by atoms with Crippen LogP contribution in [-0.2, 0) is 4.74 Å². The molecule has 0 aromatic heterocycles. The summed E-state index contributed by atoms with van der Waals surface area (Å²) in [4.78, 5) is 13.8. The van der Waals surface area contributed by atoms with E-state index in [0.29, 0.717) is 23.4 Å². The molecule has 5 nitrogen and oxygen atoms in total. The number of hydrogen-bond acceptors (Lipinski definition) is 5. The first-order valence-corrected chi connectivity index (χ1v) is 9.66. The number of ether oxygens (including phenoxy) is 1. The number of nitrogens with zero attached hydrogens (tertiary/aromatic N) is 3. The predicted octanol–water partition coefficient (Wildman–Crippen LogP) is 6.46. The first kappa shape index (κ1) is 21.2. The lowest BCUT2D eigenvalue weighted by Crippen LogP contribution is -2.09. The number of benzene rings is 3. The summed E-state index contributed by atoms with van der Waals surface area (Å²) < 4.78 is 19.5. The Labute approximate surface area is 175 Å². The molecule has 3 aromatic carbocycles. The van der Waals surface area contributed by atoms with Gasteiger partial charge in [-0.15, -0.1) is 5.11 Å². The molecule has 3 aromatic rings. The molecule has 0 amide bonds. The van der Waals surface area contributed by atoms with Crippen molar-refractivity contribution in [3.05, 3.63) is 77.6 Å². The largest absolute Gasteiger partial charge is 0.462 e. The van der Waals surface area contributed by atoms with Gasteiger partial charge >= 0.3 is 5.97 Å². The molecule has 0 fully saturated rings. The van der Waals surface area contributed by atoms with Crippen LogP contribution >= 0.6 is 0 Å². The van der Waals surface area contributed by atoms with Crippen molar-refractivity contribution in [3.63, 3.8) is 0 Å². The Morgan fingerprint density at radius 3 is 2.27 bits per heavy atom. The summed E-state index contributed by atoms with van der Waals surface area (Å²) in [6.07, 6.45) is 0. The number of anilines is 1. The SMILES string of the molecule is CCOC(=O)c1ccc(-c2ccc(N=Nc3ccc(N(C)C)c(C)c3)c(F)c2)cc1. The van der Waals surface area contributed by atoms with E-state index < -0.39 is 5.82 Å². The summed E-state index contributed by atoms with van der Waals surface area (Å²) in [7, 11) is 3.95. The minimum absolute atomic E-state index is 0.163. The first-order chi connectivity index (χ1) is 14.4. The molecule has 0 atom stereocenters. The van der Waals surface area contributed by atoms with Crippen molar-refractivity contribution in [2.75, 3.05) is 25.6 Å². The number of halogens is 1. The van der Waals surface area contributed by atoms with Gasteiger partial charge < -0.3 is 9.64 Å². The van der Waals surface area contributed by atoms with Crippen LogP contribution in [0.15, 0.2) is 70.9 Å². The third-order valence-corrected chi connectivity index (χ3v) is 4.61. The molecule has 0 bridgehead atoms. The highest BCUT2D eigenvalue weighted by atomic mass is 19.1. The van der Waals surface area contributed by atoms with Crippen LogP contribution in [-0.4, -0.2) is 26.7 Å². The Morgan fingerprint density at radius 1 is 0.967 bits per heavy atom. The fourth-order valence-electron chi connectivity index (χ4n) is 3.10. The van der Waals surface area contributed by atoms with E-state index >= 15 is 0 Å². The molecule has 30 heavy (non-hydrogen) atoms. The van der Waals surface area contributed by atoms with Crippen LogP contribution in [0.3, 0.4) is 0 Å². The minimum Gasteiger partial charge on any atom is -0.462 e. The summed E-state index contributed by atoms with van der Waals surface area (Å²) in [6, 6.07) is 17.4. The van der Waals surface area contributed by atoms with Gasteiger partial charge in [-0.25, -0.2) is 9.18 Å². The molecule has 3 rings (SSSR count).